The van der Waals surface area contributed by atoms with Crippen molar-refractivity contribution in [2.45, 2.75) is 12.8 Å². The smallest absolute Gasteiger partial charge is 0.290 e. The van der Waals surface area contributed by atoms with E-state index in [4.69, 9.17) is 5.21 Å². The average molecular weight is 239 g/mol. The molecule has 0 aliphatic rings. The molecule has 0 saturated heterocycles. The maximum atomic E-state index is 12.7. The van der Waals surface area contributed by atoms with Crippen molar-refractivity contribution in [1.29, 1.82) is 0 Å². The molecule has 0 atom stereocenters. The van der Waals surface area contributed by atoms with E-state index in [1.165, 1.54) is 0 Å². The van der Waals surface area contributed by atoms with Crippen LogP contribution in [0.4, 0.5) is 17.6 Å². The Labute approximate surface area is 88.8 Å². The molecule has 0 saturated carbocycles. The third kappa shape index (κ3) is 3.44. The average Bonchev–Trinajstić information content (AvgIpc) is 2.14. The van der Waals surface area contributed by atoms with Crippen molar-refractivity contribution in [3.05, 3.63) is 35.1 Å². The van der Waals surface area contributed by atoms with Gasteiger partial charge in [0.25, 0.3) is 0 Å². The Morgan fingerprint density at radius 2 is 2.00 bits per heavy atom. The summed E-state index contributed by atoms with van der Waals surface area (Å²) < 4.78 is 50.0. The van der Waals surface area contributed by atoms with Crippen molar-refractivity contribution >= 4 is 0 Å². The van der Waals surface area contributed by atoms with Crippen LogP contribution < -0.4 is 0 Å². The predicted molar refractivity (Wildman–Crippen MR) is 45.7 cm³/mol. The first-order valence-corrected chi connectivity index (χ1v) is 4.22. The lowest BCUT2D eigenvalue weighted by atomic mass is 10.1. The molecule has 0 radical (unpaired) electrons. The Balaban J connectivity index is 2.99. The maximum Gasteiger partial charge on any atom is 0.416 e. The van der Waals surface area contributed by atoms with Crippen LogP contribution >= 0.6 is 0 Å². The highest BCUT2D eigenvalue weighted by Crippen LogP contribution is 2.32. The SMILES string of the molecule is CN(O)OCc1ccc(F)cc1C(F)(F)F. The molecule has 1 rings (SSSR count). The molecule has 1 aromatic carbocycles. The molecule has 0 aromatic heterocycles. The molecule has 3 nitrogen and oxygen atoms in total. The highest BCUT2D eigenvalue weighted by molar-refractivity contribution is 5.29. The predicted octanol–water partition coefficient (Wildman–Crippen LogP) is 2.60. The molecule has 0 fully saturated rings. The number of halogens is 4. The zero-order valence-corrected chi connectivity index (χ0v) is 8.25. The minimum absolute atomic E-state index is 0.255. The molecule has 90 valence electrons. The van der Waals surface area contributed by atoms with E-state index >= 15 is 0 Å². The molecule has 0 aliphatic carbocycles. The number of hydroxylamine groups is 2. The van der Waals surface area contributed by atoms with Crippen LogP contribution in [0.5, 0.6) is 0 Å². The van der Waals surface area contributed by atoms with E-state index in [9.17, 15) is 17.6 Å². The van der Waals surface area contributed by atoms with E-state index < -0.39 is 24.2 Å². The van der Waals surface area contributed by atoms with Crippen LogP contribution in [0.25, 0.3) is 0 Å². The fourth-order valence-corrected chi connectivity index (χ4v) is 1.10. The Kier molecular flexibility index (Phi) is 3.84. The summed E-state index contributed by atoms with van der Waals surface area (Å²) in [6, 6.07) is 2.24. The molecule has 0 amide bonds. The minimum Gasteiger partial charge on any atom is -0.290 e. The molecule has 0 heterocycles. The van der Waals surface area contributed by atoms with Crippen LogP contribution in [-0.4, -0.2) is 17.5 Å². The second-order valence-corrected chi connectivity index (χ2v) is 3.04. The van der Waals surface area contributed by atoms with Gasteiger partial charge in [0, 0.05) is 7.05 Å². The lowest BCUT2D eigenvalue weighted by Gasteiger charge is -2.14. The van der Waals surface area contributed by atoms with Gasteiger partial charge in [-0.2, -0.15) is 13.2 Å². The van der Waals surface area contributed by atoms with Gasteiger partial charge in [-0.05, 0) is 17.7 Å². The molecule has 7 heteroatoms. The summed E-state index contributed by atoms with van der Waals surface area (Å²) in [6.07, 6.45) is -4.66. The molecular formula is C9H9F4NO2. The molecular weight excluding hydrogens is 230 g/mol. The summed E-state index contributed by atoms with van der Waals surface area (Å²) in [4.78, 5) is 4.47. The number of hydrogen-bond donors (Lipinski definition) is 1. The van der Waals surface area contributed by atoms with Crippen LogP contribution in [0.1, 0.15) is 11.1 Å². The normalized spacial score (nSPS) is 12.2. The van der Waals surface area contributed by atoms with Crippen LogP contribution in [0.2, 0.25) is 0 Å². The summed E-state index contributed by atoms with van der Waals surface area (Å²) in [5.74, 6) is -0.978. The zero-order valence-electron chi connectivity index (χ0n) is 8.25. The van der Waals surface area contributed by atoms with Crippen LogP contribution in [0.3, 0.4) is 0 Å². The van der Waals surface area contributed by atoms with E-state index in [0.717, 1.165) is 19.2 Å². The van der Waals surface area contributed by atoms with Crippen molar-refractivity contribution in [2.75, 3.05) is 7.05 Å². The second-order valence-electron chi connectivity index (χ2n) is 3.04. The lowest BCUT2D eigenvalue weighted by molar-refractivity contribution is -0.330. The van der Waals surface area contributed by atoms with E-state index in [2.05, 4.69) is 4.84 Å². The van der Waals surface area contributed by atoms with Crippen LogP contribution in [0.15, 0.2) is 18.2 Å². The monoisotopic (exact) mass is 239 g/mol. The van der Waals surface area contributed by atoms with E-state index in [0.29, 0.717) is 6.07 Å². The van der Waals surface area contributed by atoms with E-state index in [1.54, 1.807) is 0 Å². The quantitative estimate of drug-likeness (QED) is 0.650. The maximum absolute atomic E-state index is 12.7. The van der Waals surface area contributed by atoms with Gasteiger partial charge < -0.3 is 0 Å². The Morgan fingerprint density at radius 1 is 1.38 bits per heavy atom. The van der Waals surface area contributed by atoms with Gasteiger partial charge in [-0.3, -0.25) is 10.0 Å². The van der Waals surface area contributed by atoms with Gasteiger partial charge in [0.1, 0.15) is 5.82 Å². The number of nitrogens with zero attached hydrogens (tertiary/aromatic N) is 1. The molecule has 0 unspecified atom stereocenters. The van der Waals surface area contributed by atoms with Gasteiger partial charge in [0.15, 0.2) is 0 Å². The number of benzene rings is 1. The van der Waals surface area contributed by atoms with Crippen LogP contribution in [0, 0.1) is 5.82 Å². The summed E-state index contributed by atoms with van der Waals surface area (Å²) in [5.41, 5.74) is -1.37. The summed E-state index contributed by atoms with van der Waals surface area (Å²) in [6.45, 7) is -0.498. The third-order valence-corrected chi connectivity index (χ3v) is 1.78. The Morgan fingerprint density at radius 3 is 2.50 bits per heavy atom. The first-order valence-electron chi connectivity index (χ1n) is 4.22. The number of hydrogen-bond acceptors (Lipinski definition) is 3. The first-order chi connectivity index (χ1) is 7.30. The first kappa shape index (κ1) is 12.9. The topological polar surface area (TPSA) is 32.7 Å². The van der Waals surface area contributed by atoms with Gasteiger partial charge in [0.05, 0.1) is 12.2 Å². The minimum atomic E-state index is -4.66. The summed E-state index contributed by atoms with van der Waals surface area (Å²) >= 11 is 0. The third-order valence-electron chi connectivity index (χ3n) is 1.78. The molecule has 0 spiro atoms. The van der Waals surface area contributed by atoms with E-state index in [1.807, 2.05) is 0 Å². The standard InChI is InChI=1S/C9H9F4NO2/c1-14(15)16-5-6-2-3-7(10)4-8(6)9(11,12)13/h2-4,15H,5H2,1H3. The van der Waals surface area contributed by atoms with Crippen molar-refractivity contribution in [2.24, 2.45) is 0 Å². The Bertz CT molecular complexity index is 365. The van der Waals surface area contributed by atoms with Gasteiger partial charge in [-0.1, -0.05) is 11.3 Å². The molecule has 1 N–H and O–H groups in total. The molecule has 16 heavy (non-hydrogen) atoms. The van der Waals surface area contributed by atoms with Gasteiger partial charge >= 0.3 is 6.18 Å². The van der Waals surface area contributed by atoms with Crippen molar-refractivity contribution in [3.8, 4) is 0 Å². The lowest BCUT2D eigenvalue weighted by Crippen LogP contribution is -2.16. The fourth-order valence-electron chi connectivity index (χ4n) is 1.10. The van der Waals surface area contributed by atoms with Gasteiger partial charge in [-0.25, -0.2) is 4.39 Å². The number of rotatable bonds is 3. The molecule has 1 aromatic rings. The van der Waals surface area contributed by atoms with Crippen LogP contribution in [-0.2, 0) is 17.6 Å². The van der Waals surface area contributed by atoms with Gasteiger partial charge in [-0.15, -0.1) is 0 Å². The Hall–Kier alpha value is -1.18. The van der Waals surface area contributed by atoms with Crippen molar-refractivity contribution < 1.29 is 27.6 Å². The highest BCUT2D eigenvalue weighted by atomic mass is 19.4. The van der Waals surface area contributed by atoms with E-state index in [-0.39, 0.29) is 10.8 Å². The highest BCUT2D eigenvalue weighted by Gasteiger charge is 2.33. The van der Waals surface area contributed by atoms with Gasteiger partial charge in [0.2, 0.25) is 0 Å². The largest absolute Gasteiger partial charge is 0.416 e. The summed E-state index contributed by atoms with van der Waals surface area (Å²) in [7, 11) is 1.11. The second kappa shape index (κ2) is 4.77. The summed E-state index contributed by atoms with van der Waals surface area (Å²) in [5, 5.41) is 8.90. The molecule has 0 aliphatic heterocycles. The fraction of sp³-hybridized carbons (Fsp3) is 0.333. The number of alkyl halides is 3. The van der Waals surface area contributed by atoms with Crippen molar-refractivity contribution in [1.82, 2.24) is 5.23 Å². The molecule has 0 bridgehead atoms. The zero-order chi connectivity index (χ0) is 12.3. The van der Waals surface area contributed by atoms with Crippen molar-refractivity contribution in [3.63, 3.8) is 0 Å².